The third-order valence-electron chi connectivity index (χ3n) is 9.72. The van der Waals surface area contributed by atoms with E-state index in [4.69, 9.17) is 4.74 Å². The number of fused-ring (bicyclic) bond motifs is 6. The molecule has 0 amide bonds. The smallest absolute Gasteiger partial charge is 0.127 e. The first-order valence-electron chi connectivity index (χ1n) is 16.3. The fourth-order valence-electron chi connectivity index (χ4n) is 7.59. The largest absolute Gasteiger partial charge is 0.491 e. The lowest BCUT2D eigenvalue weighted by atomic mass is 9.85. The van der Waals surface area contributed by atoms with Gasteiger partial charge in [-0.25, -0.2) is 0 Å². The first-order valence-corrected chi connectivity index (χ1v) is 16.3. The number of rotatable bonds is 6. The highest BCUT2D eigenvalue weighted by molar-refractivity contribution is 6.06. The fraction of sp³-hybridized carbons (Fsp3) is 0.0667. The van der Waals surface area contributed by atoms with E-state index in [-0.39, 0.29) is 13.2 Å². The molecule has 0 atom stereocenters. The number of benzene rings is 8. The number of ether oxygens (including phenoxy) is 1. The van der Waals surface area contributed by atoms with Crippen LogP contribution in [0.3, 0.4) is 0 Å². The Kier molecular flexibility index (Phi) is 6.62. The van der Waals surface area contributed by atoms with Gasteiger partial charge in [0.05, 0.1) is 6.61 Å². The molecule has 1 aliphatic rings. The molecule has 0 aliphatic heterocycles. The van der Waals surface area contributed by atoms with Gasteiger partial charge in [0.25, 0.3) is 0 Å². The average Bonchev–Trinajstić information content (AvgIpc) is 3.53. The highest BCUT2D eigenvalue weighted by Crippen LogP contribution is 2.51. The molecule has 0 spiro atoms. The van der Waals surface area contributed by atoms with Crippen molar-refractivity contribution in [2.75, 3.05) is 13.2 Å². The van der Waals surface area contributed by atoms with E-state index < -0.39 is 0 Å². The summed E-state index contributed by atoms with van der Waals surface area (Å²) in [6.07, 6.45) is 0.861. The van der Waals surface area contributed by atoms with Gasteiger partial charge in [0.2, 0.25) is 0 Å². The molecule has 8 aromatic carbocycles. The van der Waals surface area contributed by atoms with Crippen LogP contribution in [0.25, 0.3) is 76.8 Å². The Morgan fingerprint density at radius 2 is 1.06 bits per heavy atom. The van der Waals surface area contributed by atoms with Gasteiger partial charge in [-0.2, -0.15) is 0 Å². The second-order valence-electron chi connectivity index (χ2n) is 12.4. The second kappa shape index (κ2) is 11.3. The SMILES string of the molecule is OCCOc1ccc(-c2ccc(-c3ccc4ccccc4c3)c3c2Cc2cccc(-c4ccc5ccccc5c4)c2-3)c2ccccc12. The molecule has 0 bridgehead atoms. The van der Waals surface area contributed by atoms with Crippen LogP contribution in [0, 0.1) is 0 Å². The highest BCUT2D eigenvalue weighted by atomic mass is 16.5. The van der Waals surface area contributed by atoms with Crippen LogP contribution < -0.4 is 4.74 Å². The molecule has 1 N–H and O–H groups in total. The predicted molar refractivity (Wildman–Crippen MR) is 196 cm³/mol. The number of hydrogen-bond donors (Lipinski definition) is 1. The summed E-state index contributed by atoms with van der Waals surface area (Å²) in [6, 6.07) is 55.1. The van der Waals surface area contributed by atoms with E-state index in [9.17, 15) is 5.11 Å². The highest BCUT2D eigenvalue weighted by Gasteiger charge is 2.29. The molecular weight excluding hydrogens is 572 g/mol. The minimum absolute atomic E-state index is 0.0162. The van der Waals surface area contributed by atoms with E-state index >= 15 is 0 Å². The standard InChI is InChI=1S/C45H32O2/c46-24-25-47-43-23-22-39(38-13-5-6-14-41(38)43)40-21-20-37(34-19-17-30-9-2-4-11-32(30)27-34)45-42(40)28-35-12-7-15-36(44(35)45)33-18-16-29-8-1-3-10-31(29)26-33/h1-23,26-27,46H,24-25,28H2. The van der Waals surface area contributed by atoms with E-state index in [1.54, 1.807) is 0 Å². The topological polar surface area (TPSA) is 29.5 Å². The van der Waals surface area contributed by atoms with E-state index in [0.29, 0.717) is 0 Å². The lowest BCUT2D eigenvalue weighted by molar-refractivity contribution is 0.203. The van der Waals surface area contributed by atoms with E-state index in [2.05, 4.69) is 152 Å². The summed E-state index contributed by atoms with van der Waals surface area (Å²) in [5.41, 5.74) is 12.8. The van der Waals surface area contributed by atoms with Crippen LogP contribution in [-0.4, -0.2) is 18.3 Å². The molecule has 0 heterocycles. The van der Waals surface area contributed by atoms with Crippen molar-refractivity contribution in [3.05, 3.63) is 163 Å². The Hall–Kier alpha value is -5.70. The van der Waals surface area contributed by atoms with Gasteiger partial charge in [-0.05, 0) is 107 Å². The predicted octanol–water partition coefficient (Wildman–Crippen LogP) is 11.1. The van der Waals surface area contributed by atoms with Gasteiger partial charge in [-0.15, -0.1) is 0 Å². The van der Waals surface area contributed by atoms with Gasteiger partial charge in [0.15, 0.2) is 0 Å². The van der Waals surface area contributed by atoms with E-state index in [0.717, 1.165) is 22.9 Å². The average molecular weight is 605 g/mol. The maximum Gasteiger partial charge on any atom is 0.127 e. The van der Waals surface area contributed by atoms with Crippen molar-refractivity contribution in [1.82, 2.24) is 0 Å². The monoisotopic (exact) mass is 604 g/mol. The summed E-state index contributed by atoms with van der Waals surface area (Å²) in [7, 11) is 0. The van der Waals surface area contributed by atoms with Gasteiger partial charge in [-0.3, -0.25) is 0 Å². The molecule has 0 saturated carbocycles. The van der Waals surface area contributed by atoms with Crippen LogP contribution in [0.2, 0.25) is 0 Å². The Balaban J connectivity index is 1.31. The number of hydrogen-bond acceptors (Lipinski definition) is 2. The third kappa shape index (κ3) is 4.61. The zero-order valence-corrected chi connectivity index (χ0v) is 25.9. The van der Waals surface area contributed by atoms with Crippen LogP contribution in [-0.2, 0) is 6.42 Å². The first kappa shape index (κ1) is 27.6. The van der Waals surface area contributed by atoms with Crippen LogP contribution in [0.15, 0.2) is 152 Å². The Labute approximate surface area is 274 Å². The van der Waals surface area contributed by atoms with Crippen LogP contribution >= 0.6 is 0 Å². The molecule has 47 heavy (non-hydrogen) atoms. The lowest BCUT2D eigenvalue weighted by Gasteiger charge is -2.19. The molecule has 224 valence electrons. The molecule has 8 aromatic rings. The van der Waals surface area contributed by atoms with Crippen molar-refractivity contribution in [3.63, 3.8) is 0 Å². The van der Waals surface area contributed by atoms with Gasteiger partial charge >= 0.3 is 0 Å². The third-order valence-corrected chi connectivity index (χ3v) is 9.72. The summed E-state index contributed by atoms with van der Waals surface area (Å²) in [4.78, 5) is 0. The minimum atomic E-state index is -0.0162. The molecule has 0 fully saturated rings. The van der Waals surface area contributed by atoms with Crippen molar-refractivity contribution in [2.24, 2.45) is 0 Å². The molecule has 2 nitrogen and oxygen atoms in total. The molecule has 0 unspecified atom stereocenters. The van der Waals surface area contributed by atoms with Crippen LogP contribution in [0.4, 0.5) is 0 Å². The number of aliphatic hydroxyl groups excluding tert-OH is 1. The molecular formula is C45H32O2. The quantitative estimate of drug-likeness (QED) is 0.205. The Morgan fingerprint density at radius 1 is 0.468 bits per heavy atom. The summed E-state index contributed by atoms with van der Waals surface area (Å²) in [6.45, 7) is 0.254. The maximum atomic E-state index is 9.43. The van der Waals surface area contributed by atoms with Crippen LogP contribution in [0.1, 0.15) is 11.1 Å². The lowest BCUT2D eigenvalue weighted by Crippen LogP contribution is -2.02. The van der Waals surface area contributed by atoms with Gasteiger partial charge in [0, 0.05) is 5.39 Å². The normalized spacial score (nSPS) is 12.0. The molecule has 9 rings (SSSR count). The van der Waals surface area contributed by atoms with Crippen molar-refractivity contribution < 1.29 is 9.84 Å². The molecule has 0 saturated heterocycles. The summed E-state index contributed by atoms with van der Waals surface area (Å²) >= 11 is 0. The second-order valence-corrected chi connectivity index (χ2v) is 12.4. The zero-order chi connectivity index (χ0) is 31.3. The van der Waals surface area contributed by atoms with Crippen molar-refractivity contribution in [3.8, 4) is 50.3 Å². The molecule has 0 radical (unpaired) electrons. The maximum absolute atomic E-state index is 9.43. The Morgan fingerprint density at radius 3 is 1.77 bits per heavy atom. The Bertz CT molecular complexity index is 2490. The van der Waals surface area contributed by atoms with Gasteiger partial charge in [0.1, 0.15) is 12.4 Å². The first-order chi connectivity index (χ1) is 23.3. The molecule has 1 aliphatic carbocycles. The van der Waals surface area contributed by atoms with Crippen LogP contribution in [0.5, 0.6) is 5.75 Å². The fourth-order valence-corrected chi connectivity index (χ4v) is 7.59. The van der Waals surface area contributed by atoms with Gasteiger partial charge in [-0.1, -0.05) is 133 Å². The number of aliphatic hydroxyl groups is 1. The van der Waals surface area contributed by atoms with Gasteiger partial charge < -0.3 is 9.84 Å². The van der Waals surface area contributed by atoms with Crippen molar-refractivity contribution in [1.29, 1.82) is 0 Å². The zero-order valence-electron chi connectivity index (χ0n) is 25.9. The summed E-state index contributed by atoms with van der Waals surface area (Å²) in [5, 5.41) is 16.6. The summed E-state index contributed by atoms with van der Waals surface area (Å²) in [5.74, 6) is 0.796. The molecule has 0 aromatic heterocycles. The van der Waals surface area contributed by atoms with E-state index in [1.807, 2.05) is 0 Å². The van der Waals surface area contributed by atoms with Crippen molar-refractivity contribution in [2.45, 2.75) is 6.42 Å². The minimum Gasteiger partial charge on any atom is -0.491 e. The van der Waals surface area contributed by atoms with E-state index in [1.165, 1.54) is 77.2 Å². The summed E-state index contributed by atoms with van der Waals surface area (Å²) < 4.78 is 5.96. The molecule has 2 heteroatoms. The van der Waals surface area contributed by atoms with Crippen molar-refractivity contribution >= 4 is 32.3 Å².